The van der Waals surface area contributed by atoms with E-state index in [4.69, 9.17) is 9.47 Å². The van der Waals surface area contributed by atoms with Crippen LogP contribution in [0, 0.1) is 0 Å². The summed E-state index contributed by atoms with van der Waals surface area (Å²) >= 11 is 0. The second kappa shape index (κ2) is 7.45. The Hall–Kier alpha value is -2.79. The van der Waals surface area contributed by atoms with Crippen LogP contribution in [0.3, 0.4) is 0 Å². The highest BCUT2D eigenvalue weighted by Gasteiger charge is 2.17. The molecule has 140 valence electrons. The van der Waals surface area contributed by atoms with Crippen molar-refractivity contribution in [2.75, 3.05) is 0 Å². The summed E-state index contributed by atoms with van der Waals surface area (Å²) in [6.45, 7) is 5.97. The third-order valence-electron chi connectivity index (χ3n) is 3.67. The molecule has 0 aromatic heterocycles. The Balaban J connectivity index is 1.73. The van der Waals surface area contributed by atoms with Crippen LogP contribution in [0.5, 0.6) is 17.2 Å². The van der Waals surface area contributed by atoms with Gasteiger partial charge in [-0.2, -0.15) is 0 Å². The maximum absolute atomic E-state index is 12.6. The van der Waals surface area contributed by atoms with Gasteiger partial charge in [-0.05, 0) is 81.4 Å². The van der Waals surface area contributed by atoms with Crippen molar-refractivity contribution in [2.24, 2.45) is 0 Å². The quantitative estimate of drug-likeness (QED) is 0.585. The largest absolute Gasteiger partial charge is 0.488 e. The van der Waals surface area contributed by atoms with Gasteiger partial charge in [0.15, 0.2) is 0 Å². The van der Waals surface area contributed by atoms with Crippen LogP contribution in [-0.2, 0) is 9.84 Å². The second-order valence-corrected chi connectivity index (χ2v) is 9.03. The maximum atomic E-state index is 12.6. The van der Waals surface area contributed by atoms with Gasteiger partial charge in [-0.15, -0.1) is 0 Å². The molecular formula is C22H22O4S. The minimum absolute atomic E-state index is 0.231. The number of benzene rings is 3. The lowest BCUT2D eigenvalue weighted by atomic mass is 10.2. The summed E-state index contributed by atoms with van der Waals surface area (Å²) in [7, 11) is -3.52. The molecule has 0 unspecified atom stereocenters. The van der Waals surface area contributed by atoms with E-state index >= 15 is 0 Å². The molecule has 0 aliphatic heterocycles. The van der Waals surface area contributed by atoms with Crippen LogP contribution in [0.4, 0.5) is 0 Å². The summed E-state index contributed by atoms with van der Waals surface area (Å²) in [5, 5.41) is 0. The van der Waals surface area contributed by atoms with Crippen molar-refractivity contribution in [2.45, 2.75) is 36.2 Å². The number of hydrogen-bond donors (Lipinski definition) is 0. The van der Waals surface area contributed by atoms with Crippen molar-refractivity contribution in [3.63, 3.8) is 0 Å². The lowest BCUT2D eigenvalue weighted by Crippen LogP contribution is -2.22. The van der Waals surface area contributed by atoms with Gasteiger partial charge in [-0.25, -0.2) is 8.42 Å². The minimum Gasteiger partial charge on any atom is -0.488 e. The molecule has 0 aliphatic carbocycles. The first-order valence-electron chi connectivity index (χ1n) is 8.61. The van der Waals surface area contributed by atoms with Gasteiger partial charge in [0.1, 0.15) is 22.8 Å². The Bertz CT molecular complexity index is 985. The summed E-state index contributed by atoms with van der Waals surface area (Å²) in [6.07, 6.45) is 0. The third-order valence-corrected chi connectivity index (χ3v) is 5.46. The van der Waals surface area contributed by atoms with Gasteiger partial charge < -0.3 is 9.47 Å². The molecule has 0 saturated heterocycles. The van der Waals surface area contributed by atoms with Gasteiger partial charge in [0.05, 0.1) is 9.79 Å². The first-order chi connectivity index (χ1) is 12.7. The zero-order chi connectivity index (χ0) is 19.5. The van der Waals surface area contributed by atoms with Crippen LogP contribution in [0.2, 0.25) is 0 Å². The van der Waals surface area contributed by atoms with E-state index in [9.17, 15) is 8.42 Å². The number of rotatable bonds is 5. The molecule has 0 saturated carbocycles. The molecule has 0 heterocycles. The molecule has 0 radical (unpaired) electrons. The first-order valence-corrected chi connectivity index (χ1v) is 10.1. The van der Waals surface area contributed by atoms with Crippen molar-refractivity contribution in [3.8, 4) is 17.2 Å². The molecule has 0 fully saturated rings. The molecule has 3 aromatic rings. The highest BCUT2D eigenvalue weighted by molar-refractivity contribution is 7.91. The van der Waals surface area contributed by atoms with E-state index < -0.39 is 9.84 Å². The molecule has 0 spiro atoms. The van der Waals surface area contributed by atoms with Gasteiger partial charge in [0.25, 0.3) is 0 Å². The van der Waals surface area contributed by atoms with Gasteiger partial charge in [-0.3, -0.25) is 0 Å². The average molecular weight is 382 g/mol. The molecule has 3 aromatic carbocycles. The minimum atomic E-state index is -3.52. The Kier molecular flexibility index (Phi) is 5.24. The van der Waals surface area contributed by atoms with Crippen molar-refractivity contribution in [1.29, 1.82) is 0 Å². The zero-order valence-corrected chi connectivity index (χ0v) is 16.4. The van der Waals surface area contributed by atoms with Gasteiger partial charge >= 0.3 is 0 Å². The van der Waals surface area contributed by atoms with Crippen LogP contribution in [0.15, 0.2) is 88.7 Å². The fourth-order valence-electron chi connectivity index (χ4n) is 2.49. The molecule has 5 heteroatoms. The van der Waals surface area contributed by atoms with Crippen molar-refractivity contribution in [3.05, 3.63) is 78.9 Å². The number of ether oxygens (including phenoxy) is 2. The third kappa shape index (κ3) is 4.89. The highest BCUT2D eigenvalue weighted by Crippen LogP contribution is 2.28. The molecule has 0 atom stereocenters. The molecular weight excluding hydrogens is 360 g/mol. The van der Waals surface area contributed by atoms with Crippen molar-refractivity contribution >= 4 is 9.84 Å². The topological polar surface area (TPSA) is 52.6 Å². The average Bonchev–Trinajstić information content (AvgIpc) is 2.63. The van der Waals surface area contributed by atoms with E-state index in [0.29, 0.717) is 11.5 Å². The van der Waals surface area contributed by atoms with E-state index in [1.807, 2.05) is 45.0 Å². The Labute approximate surface area is 160 Å². The van der Waals surface area contributed by atoms with Crippen LogP contribution < -0.4 is 9.47 Å². The molecule has 3 rings (SSSR count). The molecule has 4 nitrogen and oxygen atoms in total. The van der Waals surface area contributed by atoms with Crippen LogP contribution in [0.1, 0.15) is 20.8 Å². The summed E-state index contributed by atoms with van der Waals surface area (Å²) < 4.78 is 36.8. The summed E-state index contributed by atoms with van der Waals surface area (Å²) in [4.78, 5) is 0.503. The Morgan fingerprint density at radius 2 is 1.07 bits per heavy atom. The lowest BCUT2D eigenvalue weighted by Gasteiger charge is -2.21. The van der Waals surface area contributed by atoms with E-state index in [1.54, 1.807) is 54.6 Å². The number of hydrogen-bond acceptors (Lipinski definition) is 4. The summed E-state index contributed by atoms with van der Waals surface area (Å²) in [6, 6.07) is 22.1. The van der Waals surface area contributed by atoms with Gasteiger partial charge in [0.2, 0.25) is 9.84 Å². The highest BCUT2D eigenvalue weighted by atomic mass is 32.2. The van der Waals surface area contributed by atoms with E-state index in [2.05, 4.69) is 0 Å². The van der Waals surface area contributed by atoms with E-state index in [0.717, 1.165) is 5.75 Å². The molecule has 0 aliphatic rings. The van der Waals surface area contributed by atoms with E-state index in [1.165, 1.54) is 0 Å². The number of sulfone groups is 1. The zero-order valence-electron chi connectivity index (χ0n) is 15.5. The predicted molar refractivity (Wildman–Crippen MR) is 105 cm³/mol. The predicted octanol–water partition coefficient (Wildman–Crippen LogP) is 5.49. The Morgan fingerprint density at radius 1 is 0.630 bits per heavy atom. The first kappa shape index (κ1) is 19.0. The maximum Gasteiger partial charge on any atom is 0.206 e. The fraction of sp³-hybridized carbons (Fsp3) is 0.182. The molecule has 0 bridgehead atoms. The SMILES string of the molecule is CC(C)(C)Oc1ccc(Oc2ccc(S(=O)(=O)c3ccccc3)cc2)cc1. The van der Waals surface area contributed by atoms with Gasteiger partial charge in [-0.1, -0.05) is 18.2 Å². The summed E-state index contributed by atoms with van der Waals surface area (Å²) in [5.41, 5.74) is -0.261. The van der Waals surface area contributed by atoms with Crippen LogP contribution >= 0.6 is 0 Å². The summed E-state index contributed by atoms with van der Waals surface area (Å²) in [5.74, 6) is 1.97. The standard InChI is InChI=1S/C22H22O4S/c1-22(2,3)26-19-11-9-17(10-12-19)25-18-13-15-21(16-14-18)27(23,24)20-7-5-4-6-8-20/h4-16H,1-3H3. The Morgan fingerprint density at radius 3 is 1.59 bits per heavy atom. The van der Waals surface area contributed by atoms with Crippen molar-refractivity contribution < 1.29 is 17.9 Å². The monoisotopic (exact) mass is 382 g/mol. The second-order valence-electron chi connectivity index (χ2n) is 7.08. The van der Waals surface area contributed by atoms with Crippen LogP contribution in [-0.4, -0.2) is 14.0 Å². The molecule has 0 amide bonds. The molecule has 0 N–H and O–H groups in total. The smallest absolute Gasteiger partial charge is 0.206 e. The fourth-order valence-corrected chi connectivity index (χ4v) is 3.77. The molecule has 27 heavy (non-hydrogen) atoms. The van der Waals surface area contributed by atoms with Crippen molar-refractivity contribution in [1.82, 2.24) is 0 Å². The van der Waals surface area contributed by atoms with Crippen LogP contribution in [0.25, 0.3) is 0 Å². The lowest BCUT2D eigenvalue weighted by molar-refractivity contribution is 0.131. The normalized spacial score (nSPS) is 11.8. The van der Waals surface area contributed by atoms with Gasteiger partial charge in [0, 0.05) is 0 Å². The van der Waals surface area contributed by atoms with E-state index in [-0.39, 0.29) is 15.4 Å².